The van der Waals surface area contributed by atoms with Gasteiger partial charge in [-0.25, -0.2) is 4.98 Å². The minimum absolute atomic E-state index is 0.106. The van der Waals surface area contributed by atoms with Crippen molar-refractivity contribution in [2.24, 2.45) is 0 Å². The third kappa shape index (κ3) is 3.66. The second kappa shape index (κ2) is 6.39. The van der Waals surface area contributed by atoms with Crippen LogP contribution in [0.1, 0.15) is 16.1 Å². The number of aromatic nitrogens is 2. The van der Waals surface area contributed by atoms with Crippen LogP contribution in [0.4, 0.5) is 13.2 Å². The summed E-state index contributed by atoms with van der Waals surface area (Å²) in [6.07, 6.45) is -1.88. The quantitative estimate of drug-likeness (QED) is 0.792. The van der Waals surface area contributed by atoms with Crippen molar-refractivity contribution < 1.29 is 22.7 Å². The smallest absolute Gasteiger partial charge is 0.433 e. The third-order valence-electron chi connectivity index (χ3n) is 3.39. The van der Waals surface area contributed by atoms with Crippen LogP contribution in [0.25, 0.3) is 0 Å². The van der Waals surface area contributed by atoms with E-state index < -0.39 is 11.9 Å². The van der Waals surface area contributed by atoms with E-state index >= 15 is 0 Å². The number of alkyl halides is 3. The average molecular weight is 402 g/mol. The van der Waals surface area contributed by atoms with Gasteiger partial charge in [-0.15, -0.1) is 0 Å². The molecular weight excluding hydrogens is 391 g/mol. The minimum Gasteiger partial charge on any atom is -0.471 e. The van der Waals surface area contributed by atoms with E-state index in [2.05, 4.69) is 25.9 Å². The highest BCUT2D eigenvalue weighted by atomic mass is 79.9. The highest BCUT2D eigenvalue weighted by Crippen LogP contribution is 2.29. The Morgan fingerprint density at radius 1 is 1.29 bits per heavy atom. The molecular formula is C15H11BrF3N3O2. The van der Waals surface area contributed by atoms with Gasteiger partial charge in [-0.1, -0.05) is 6.07 Å². The van der Waals surface area contributed by atoms with Crippen molar-refractivity contribution >= 4 is 21.8 Å². The SMILES string of the molecule is O=C(c1cncc(Br)c1)N1CC(Oc2cccc(C(F)(F)F)n2)C1. The number of amides is 1. The molecule has 0 aromatic carbocycles. The number of rotatable bonds is 3. The second-order valence-corrected chi connectivity index (χ2v) is 6.12. The Bertz CT molecular complexity index is 764. The number of pyridine rings is 2. The fraction of sp³-hybridized carbons (Fsp3) is 0.267. The number of nitrogens with zero attached hydrogens (tertiary/aromatic N) is 3. The summed E-state index contributed by atoms with van der Waals surface area (Å²) >= 11 is 3.24. The zero-order chi connectivity index (χ0) is 17.3. The molecule has 0 aliphatic carbocycles. The molecule has 0 spiro atoms. The largest absolute Gasteiger partial charge is 0.471 e. The number of carbonyl (C=O) groups is 1. The van der Waals surface area contributed by atoms with Gasteiger partial charge in [0.05, 0.1) is 18.7 Å². The highest BCUT2D eigenvalue weighted by Gasteiger charge is 2.35. The van der Waals surface area contributed by atoms with Crippen LogP contribution in [-0.4, -0.2) is 40.0 Å². The lowest BCUT2D eigenvalue weighted by atomic mass is 10.1. The second-order valence-electron chi connectivity index (χ2n) is 5.20. The monoisotopic (exact) mass is 401 g/mol. The van der Waals surface area contributed by atoms with E-state index in [-0.39, 0.29) is 31.0 Å². The standard InChI is InChI=1S/C15H11BrF3N3O2/c16-10-4-9(5-20-6-10)14(23)22-7-11(8-22)24-13-3-1-2-12(21-13)15(17,18)19/h1-6,11H,7-8H2. The Morgan fingerprint density at radius 2 is 2.04 bits per heavy atom. The van der Waals surface area contributed by atoms with Gasteiger partial charge < -0.3 is 9.64 Å². The van der Waals surface area contributed by atoms with Gasteiger partial charge in [-0.3, -0.25) is 9.78 Å². The molecule has 0 bridgehead atoms. The molecule has 0 saturated carbocycles. The zero-order valence-electron chi connectivity index (χ0n) is 12.1. The summed E-state index contributed by atoms with van der Waals surface area (Å²) in [6, 6.07) is 5.12. The molecule has 0 unspecified atom stereocenters. The molecule has 1 aliphatic heterocycles. The molecule has 24 heavy (non-hydrogen) atoms. The van der Waals surface area contributed by atoms with Gasteiger partial charge in [0.25, 0.3) is 5.91 Å². The van der Waals surface area contributed by atoms with Crippen LogP contribution in [0.3, 0.4) is 0 Å². The maximum absolute atomic E-state index is 12.6. The van der Waals surface area contributed by atoms with Crippen molar-refractivity contribution in [1.29, 1.82) is 0 Å². The van der Waals surface area contributed by atoms with Crippen LogP contribution in [-0.2, 0) is 6.18 Å². The lowest BCUT2D eigenvalue weighted by molar-refractivity contribution is -0.141. The fourth-order valence-corrected chi connectivity index (χ4v) is 2.56. The predicted molar refractivity (Wildman–Crippen MR) is 81.5 cm³/mol. The molecule has 3 rings (SSSR count). The number of halogens is 4. The van der Waals surface area contributed by atoms with Crippen LogP contribution in [0.15, 0.2) is 41.1 Å². The Labute approximate surface area is 143 Å². The van der Waals surface area contributed by atoms with Gasteiger partial charge in [0.1, 0.15) is 11.8 Å². The van der Waals surface area contributed by atoms with Crippen molar-refractivity contribution in [2.45, 2.75) is 12.3 Å². The maximum Gasteiger partial charge on any atom is 0.433 e. The summed E-state index contributed by atoms with van der Waals surface area (Å²) in [5, 5.41) is 0. The summed E-state index contributed by atoms with van der Waals surface area (Å²) in [5.41, 5.74) is -0.576. The molecule has 1 fully saturated rings. The molecule has 2 aromatic rings. The van der Waals surface area contributed by atoms with Gasteiger partial charge >= 0.3 is 6.18 Å². The van der Waals surface area contributed by atoms with Gasteiger partial charge in [-0.05, 0) is 28.1 Å². The van der Waals surface area contributed by atoms with E-state index in [0.717, 1.165) is 6.07 Å². The third-order valence-corrected chi connectivity index (χ3v) is 3.82. The van der Waals surface area contributed by atoms with E-state index in [0.29, 0.717) is 10.0 Å². The van der Waals surface area contributed by atoms with Gasteiger partial charge in [0, 0.05) is 22.9 Å². The molecule has 0 N–H and O–H groups in total. The van der Waals surface area contributed by atoms with E-state index in [1.807, 2.05) is 0 Å². The lowest BCUT2D eigenvalue weighted by Gasteiger charge is -2.38. The first-order valence-corrected chi connectivity index (χ1v) is 7.73. The summed E-state index contributed by atoms with van der Waals surface area (Å²) in [6.45, 7) is 0.562. The summed E-state index contributed by atoms with van der Waals surface area (Å²) in [7, 11) is 0. The number of ether oxygens (including phenoxy) is 1. The molecule has 2 aromatic heterocycles. The van der Waals surface area contributed by atoms with E-state index in [9.17, 15) is 18.0 Å². The van der Waals surface area contributed by atoms with Crippen molar-refractivity contribution in [3.05, 3.63) is 52.4 Å². The molecule has 0 radical (unpaired) electrons. The molecule has 1 saturated heterocycles. The molecule has 1 amide bonds. The van der Waals surface area contributed by atoms with Crippen LogP contribution in [0, 0.1) is 0 Å². The number of likely N-dealkylation sites (tertiary alicyclic amines) is 1. The fourth-order valence-electron chi connectivity index (χ4n) is 2.20. The van der Waals surface area contributed by atoms with Crippen molar-refractivity contribution in [3.63, 3.8) is 0 Å². The lowest BCUT2D eigenvalue weighted by Crippen LogP contribution is -2.56. The van der Waals surface area contributed by atoms with Crippen LogP contribution < -0.4 is 4.74 Å². The number of hydrogen-bond donors (Lipinski definition) is 0. The molecule has 1 aliphatic rings. The molecule has 3 heterocycles. The number of hydrogen-bond acceptors (Lipinski definition) is 4. The van der Waals surface area contributed by atoms with Crippen LogP contribution >= 0.6 is 15.9 Å². The first-order chi connectivity index (χ1) is 11.3. The summed E-state index contributed by atoms with van der Waals surface area (Å²) in [5.74, 6) is -0.313. The maximum atomic E-state index is 12.6. The topological polar surface area (TPSA) is 55.3 Å². The molecule has 0 atom stereocenters. The Hall–Kier alpha value is -2.16. The summed E-state index contributed by atoms with van der Waals surface area (Å²) in [4.78, 5) is 21.1. The van der Waals surface area contributed by atoms with Gasteiger partial charge in [0.2, 0.25) is 5.88 Å². The zero-order valence-corrected chi connectivity index (χ0v) is 13.7. The first-order valence-electron chi connectivity index (χ1n) is 6.93. The molecule has 126 valence electrons. The van der Waals surface area contributed by atoms with Gasteiger partial charge in [0.15, 0.2) is 0 Å². The van der Waals surface area contributed by atoms with Crippen molar-refractivity contribution in [1.82, 2.24) is 14.9 Å². The van der Waals surface area contributed by atoms with E-state index in [4.69, 9.17) is 4.74 Å². The molecule has 5 nitrogen and oxygen atoms in total. The van der Waals surface area contributed by atoms with E-state index in [1.54, 1.807) is 12.3 Å². The number of carbonyl (C=O) groups excluding carboxylic acids is 1. The first kappa shape index (κ1) is 16.7. The Morgan fingerprint density at radius 3 is 2.71 bits per heavy atom. The Balaban J connectivity index is 1.59. The minimum atomic E-state index is -4.52. The summed E-state index contributed by atoms with van der Waals surface area (Å²) < 4.78 is 43.9. The molecule has 9 heteroatoms. The normalized spacial score (nSPS) is 15.1. The predicted octanol–water partition coefficient (Wildman–Crippen LogP) is 3.16. The average Bonchev–Trinajstić information content (AvgIpc) is 2.49. The van der Waals surface area contributed by atoms with Crippen molar-refractivity contribution in [2.75, 3.05) is 13.1 Å². The van der Waals surface area contributed by atoms with Crippen molar-refractivity contribution in [3.8, 4) is 5.88 Å². The van der Waals surface area contributed by atoms with Crippen LogP contribution in [0.5, 0.6) is 5.88 Å². The Kier molecular flexibility index (Phi) is 4.44. The van der Waals surface area contributed by atoms with E-state index in [1.165, 1.54) is 23.2 Å². The van der Waals surface area contributed by atoms with Gasteiger partial charge in [-0.2, -0.15) is 13.2 Å². The highest BCUT2D eigenvalue weighted by molar-refractivity contribution is 9.10. The van der Waals surface area contributed by atoms with Crippen LogP contribution in [0.2, 0.25) is 0 Å².